The van der Waals surface area contributed by atoms with Crippen LogP contribution in [0.1, 0.15) is 32.1 Å². The van der Waals surface area contributed by atoms with Crippen molar-refractivity contribution >= 4 is 0 Å². The molecule has 0 radical (unpaired) electrons. The van der Waals surface area contributed by atoms with Crippen LogP contribution in [-0.4, -0.2) is 25.2 Å². The van der Waals surface area contributed by atoms with Gasteiger partial charge in [-0.25, -0.2) is 0 Å². The molecule has 4 heteroatoms. The van der Waals surface area contributed by atoms with E-state index in [9.17, 15) is 0 Å². The fraction of sp³-hybridized carbons (Fsp3) is 1.00. The fourth-order valence-corrected chi connectivity index (χ4v) is 1.32. The average molecular weight is 188 g/mol. The molecule has 80 valence electrons. The van der Waals surface area contributed by atoms with Gasteiger partial charge in [0.15, 0.2) is 0 Å². The van der Waals surface area contributed by atoms with E-state index in [1.54, 1.807) is 0 Å². The molecular weight excluding hydrogens is 164 g/mol. The van der Waals surface area contributed by atoms with Gasteiger partial charge < -0.3 is 22.9 Å². The summed E-state index contributed by atoms with van der Waals surface area (Å²) in [5.74, 6) is 0. The van der Waals surface area contributed by atoms with E-state index in [1.807, 2.05) is 0 Å². The highest BCUT2D eigenvalue weighted by atomic mass is 14.8. The molecule has 8 N–H and O–H groups in total. The molecule has 0 aliphatic rings. The highest BCUT2D eigenvalue weighted by Gasteiger charge is 2.11. The number of nitrogens with two attached hydrogens (primary N) is 4. The number of hydrogen-bond donors (Lipinski definition) is 4. The molecule has 0 aromatic rings. The van der Waals surface area contributed by atoms with Gasteiger partial charge in [0.1, 0.15) is 0 Å². The first kappa shape index (κ1) is 12.8. The van der Waals surface area contributed by atoms with Gasteiger partial charge >= 0.3 is 0 Å². The maximum Gasteiger partial charge on any atom is 0.0204 e. The van der Waals surface area contributed by atoms with Crippen molar-refractivity contribution in [1.29, 1.82) is 0 Å². The van der Waals surface area contributed by atoms with Crippen molar-refractivity contribution in [3.8, 4) is 0 Å². The summed E-state index contributed by atoms with van der Waals surface area (Å²) in [6, 6.07) is 0.157. The van der Waals surface area contributed by atoms with Crippen LogP contribution in [0.2, 0.25) is 0 Å². The lowest BCUT2D eigenvalue weighted by Crippen LogP contribution is -2.42. The number of unbranched alkanes of at least 4 members (excludes halogenated alkanes) is 2. The Hall–Kier alpha value is -0.160. The van der Waals surface area contributed by atoms with Crippen molar-refractivity contribution in [2.24, 2.45) is 22.9 Å². The lowest BCUT2D eigenvalue weighted by Gasteiger charge is -2.18. The number of rotatable bonds is 8. The van der Waals surface area contributed by atoms with Gasteiger partial charge in [-0.15, -0.1) is 0 Å². The van der Waals surface area contributed by atoms with Crippen LogP contribution in [0.25, 0.3) is 0 Å². The van der Waals surface area contributed by atoms with E-state index < -0.39 is 0 Å². The molecule has 0 aliphatic carbocycles. The first-order valence-electron chi connectivity index (χ1n) is 5.13. The third kappa shape index (κ3) is 6.95. The Morgan fingerprint density at radius 2 is 1.31 bits per heavy atom. The van der Waals surface area contributed by atoms with Crippen molar-refractivity contribution in [1.82, 2.24) is 0 Å². The Morgan fingerprint density at radius 3 is 1.85 bits per heavy atom. The minimum Gasteiger partial charge on any atom is -0.330 e. The smallest absolute Gasteiger partial charge is 0.0204 e. The third-order valence-corrected chi connectivity index (χ3v) is 2.29. The topological polar surface area (TPSA) is 104 Å². The van der Waals surface area contributed by atoms with Crippen LogP contribution in [0.15, 0.2) is 0 Å². The SMILES string of the molecule is NCCCCCC(N)C(N)CCN. The Balaban J connectivity index is 3.32. The van der Waals surface area contributed by atoms with E-state index in [1.165, 1.54) is 0 Å². The van der Waals surface area contributed by atoms with Gasteiger partial charge in [0.2, 0.25) is 0 Å². The molecule has 0 spiro atoms. The van der Waals surface area contributed by atoms with E-state index in [4.69, 9.17) is 22.9 Å². The molecule has 0 aliphatic heterocycles. The molecule has 2 atom stereocenters. The lowest BCUT2D eigenvalue weighted by molar-refractivity contribution is 0.454. The monoisotopic (exact) mass is 188 g/mol. The summed E-state index contributed by atoms with van der Waals surface area (Å²) in [5, 5.41) is 0. The van der Waals surface area contributed by atoms with Gasteiger partial charge in [-0.05, 0) is 32.4 Å². The molecule has 2 unspecified atom stereocenters. The summed E-state index contributed by atoms with van der Waals surface area (Å²) in [6.45, 7) is 1.39. The van der Waals surface area contributed by atoms with E-state index in [2.05, 4.69) is 0 Å². The Labute approximate surface area is 81.0 Å². The van der Waals surface area contributed by atoms with Crippen molar-refractivity contribution in [3.05, 3.63) is 0 Å². The lowest BCUT2D eigenvalue weighted by atomic mass is 10.0. The summed E-state index contributed by atoms with van der Waals surface area (Å²) in [4.78, 5) is 0. The van der Waals surface area contributed by atoms with Gasteiger partial charge in [0, 0.05) is 12.1 Å². The molecule has 0 bridgehead atoms. The Morgan fingerprint density at radius 1 is 0.692 bits per heavy atom. The minimum atomic E-state index is 0.0582. The summed E-state index contributed by atoms with van der Waals surface area (Å²) in [5.41, 5.74) is 22.5. The molecule has 0 heterocycles. The first-order chi connectivity index (χ1) is 6.22. The molecule has 0 fully saturated rings. The molecule has 13 heavy (non-hydrogen) atoms. The third-order valence-electron chi connectivity index (χ3n) is 2.29. The zero-order chi connectivity index (χ0) is 10.1. The normalized spacial score (nSPS) is 15.7. The summed E-state index contributed by atoms with van der Waals surface area (Å²) in [6.07, 6.45) is 5.16. The van der Waals surface area contributed by atoms with Crippen LogP contribution in [0.5, 0.6) is 0 Å². The number of hydrogen-bond acceptors (Lipinski definition) is 4. The zero-order valence-corrected chi connectivity index (χ0v) is 8.41. The summed E-state index contributed by atoms with van der Waals surface area (Å²) >= 11 is 0. The molecule has 0 aromatic heterocycles. The molecule has 0 rings (SSSR count). The molecule has 0 saturated carbocycles. The van der Waals surface area contributed by atoms with Gasteiger partial charge in [-0.2, -0.15) is 0 Å². The molecular formula is C9H24N4. The average Bonchev–Trinajstić information content (AvgIpc) is 2.12. The molecule has 0 saturated heterocycles. The van der Waals surface area contributed by atoms with Crippen molar-refractivity contribution in [3.63, 3.8) is 0 Å². The van der Waals surface area contributed by atoms with Gasteiger partial charge in [0.25, 0.3) is 0 Å². The van der Waals surface area contributed by atoms with E-state index >= 15 is 0 Å². The second kappa shape index (κ2) is 8.44. The van der Waals surface area contributed by atoms with Crippen molar-refractivity contribution < 1.29 is 0 Å². The van der Waals surface area contributed by atoms with Crippen LogP contribution in [0.3, 0.4) is 0 Å². The van der Waals surface area contributed by atoms with Gasteiger partial charge in [-0.1, -0.05) is 12.8 Å². The predicted molar refractivity (Wildman–Crippen MR) is 57.1 cm³/mol. The maximum absolute atomic E-state index is 5.87. The highest BCUT2D eigenvalue weighted by Crippen LogP contribution is 2.05. The second-order valence-electron chi connectivity index (χ2n) is 3.54. The largest absolute Gasteiger partial charge is 0.330 e. The molecule has 0 aromatic carbocycles. The second-order valence-corrected chi connectivity index (χ2v) is 3.54. The minimum absolute atomic E-state index is 0.0582. The van der Waals surface area contributed by atoms with E-state index in [0.29, 0.717) is 6.54 Å². The Kier molecular flexibility index (Phi) is 8.33. The first-order valence-corrected chi connectivity index (χ1v) is 5.13. The summed E-state index contributed by atoms with van der Waals surface area (Å²) in [7, 11) is 0. The van der Waals surface area contributed by atoms with Gasteiger partial charge in [0.05, 0.1) is 0 Å². The summed E-state index contributed by atoms with van der Waals surface area (Å²) < 4.78 is 0. The van der Waals surface area contributed by atoms with E-state index in [-0.39, 0.29) is 12.1 Å². The quantitative estimate of drug-likeness (QED) is 0.386. The van der Waals surface area contributed by atoms with Crippen LogP contribution in [0, 0.1) is 0 Å². The fourth-order valence-electron chi connectivity index (χ4n) is 1.32. The van der Waals surface area contributed by atoms with E-state index in [0.717, 1.165) is 38.6 Å². The molecule has 4 nitrogen and oxygen atoms in total. The maximum atomic E-state index is 5.87. The Bertz CT molecular complexity index is 108. The van der Waals surface area contributed by atoms with Crippen LogP contribution >= 0.6 is 0 Å². The standard InChI is InChI=1S/C9H24N4/c10-6-3-1-2-4-8(12)9(13)5-7-11/h8-9H,1-7,10-13H2. The zero-order valence-electron chi connectivity index (χ0n) is 8.41. The van der Waals surface area contributed by atoms with Crippen LogP contribution < -0.4 is 22.9 Å². The van der Waals surface area contributed by atoms with Gasteiger partial charge in [-0.3, -0.25) is 0 Å². The molecule has 0 amide bonds. The van der Waals surface area contributed by atoms with Crippen LogP contribution in [-0.2, 0) is 0 Å². The van der Waals surface area contributed by atoms with Crippen molar-refractivity contribution in [2.75, 3.05) is 13.1 Å². The predicted octanol–water partition coefficient (Wildman–Crippen LogP) is -0.491. The highest BCUT2D eigenvalue weighted by molar-refractivity contribution is 4.75. The van der Waals surface area contributed by atoms with Crippen LogP contribution in [0.4, 0.5) is 0 Å². The van der Waals surface area contributed by atoms with Crippen molar-refractivity contribution in [2.45, 2.75) is 44.2 Å².